The number of carbonyl (C=O) groups is 1. The van der Waals surface area contributed by atoms with Gasteiger partial charge in [0.25, 0.3) is 0 Å². The van der Waals surface area contributed by atoms with Gasteiger partial charge in [0.2, 0.25) is 5.91 Å². The van der Waals surface area contributed by atoms with E-state index in [1.54, 1.807) is 7.05 Å². The van der Waals surface area contributed by atoms with Crippen LogP contribution in [0.15, 0.2) is 35.3 Å². The maximum Gasteiger partial charge on any atom is 0.239 e. The van der Waals surface area contributed by atoms with Crippen LogP contribution < -0.4 is 15.5 Å². The van der Waals surface area contributed by atoms with Crippen LogP contribution >= 0.6 is 0 Å². The topological polar surface area (TPSA) is 60.0 Å². The zero-order valence-corrected chi connectivity index (χ0v) is 13.7. The maximum atomic E-state index is 11.8. The van der Waals surface area contributed by atoms with E-state index in [1.165, 1.54) is 5.69 Å². The van der Waals surface area contributed by atoms with E-state index < -0.39 is 0 Å². The van der Waals surface area contributed by atoms with Crippen molar-refractivity contribution in [2.75, 3.05) is 44.7 Å². The Morgan fingerprint density at radius 3 is 2.48 bits per heavy atom. The summed E-state index contributed by atoms with van der Waals surface area (Å²) in [6, 6.07) is 10.9. The lowest BCUT2D eigenvalue weighted by atomic mass is 10.2. The highest BCUT2D eigenvalue weighted by atomic mass is 16.2. The maximum absolute atomic E-state index is 11.8. The average molecular weight is 315 g/mol. The number of carbonyl (C=O) groups excluding carboxylic acids is 1. The van der Waals surface area contributed by atoms with E-state index in [1.807, 2.05) is 6.07 Å². The first kappa shape index (κ1) is 15.6. The highest BCUT2D eigenvalue weighted by Crippen LogP contribution is 2.18. The van der Waals surface area contributed by atoms with Gasteiger partial charge in [-0.25, -0.2) is 0 Å². The zero-order chi connectivity index (χ0) is 16.1. The average Bonchev–Trinajstić information content (AvgIpc) is 3.41. The molecule has 0 unspecified atom stereocenters. The molecule has 1 aliphatic carbocycles. The van der Waals surface area contributed by atoms with Gasteiger partial charge in [-0.15, -0.1) is 0 Å². The quantitative estimate of drug-likeness (QED) is 0.633. The van der Waals surface area contributed by atoms with E-state index in [2.05, 4.69) is 49.7 Å². The lowest BCUT2D eigenvalue weighted by molar-refractivity contribution is -0.120. The molecular weight excluding hydrogens is 290 g/mol. The Morgan fingerprint density at radius 1 is 1.17 bits per heavy atom. The summed E-state index contributed by atoms with van der Waals surface area (Å²) in [5, 5.41) is 6.15. The van der Waals surface area contributed by atoms with Crippen molar-refractivity contribution < 1.29 is 4.79 Å². The van der Waals surface area contributed by atoms with E-state index in [0.717, 1.165) is 45.0 Å². The molecule has 124 valence electrons. The van der Waals surface area contributed by atoms with Gasteiger partial charge < -0.3 is 20.4 Å². The predicted molar refractivity (Wildman–Crippen MR) is 92.8 cm³/mol. The minimum Gasteiger partial charge on any atom is -0.368 e. The van der Waals surface area contributed by atoms with Crippen molar-refractivity contribution in [2.24, 2.45) is 4.99 Å². The first-order valence-electron chi connectivity index (χ1n) is 8.31. The standard InChI is InChI=1S/C17H25N5O/c1-18-17(19-13-16(23)20-14-7-8-14)22-11-9-21(10-12-22)15-5-3-2-4-6-15/h2-6,14H,7-13H2,1H3,(H,18,19)(H,20,23). The van der Waals surface area contributed by atoms with Gasteiger partial charge in [-0.05, 0) is 25.0 Å². The fourth-order valence-corrected chi connectivity index (χ4v) is 2.81. The third-order valence-electron chi connectivity index (χ3n) is 4.26. The molecule has 0 bridgehead atoms. The summed E-state index contributed by atoms with van der Waals surface area (Å²) in [6.45, 7) is 4.01. The molecule has 1 amide bonds. The number of hydrogen-bond acceptors (Lipinski definition) is 3. The lowest BCUT2D eigenvalue weighted by Crippen LogP contribution is -2.53. The molecule has 6 heteroatoms. The summed E-state index contributed by atoms with van der Waals surface area (Å²) in [7, 11) is 1.77. The van der Waals surface area contributed by atoms with Crippen LogP contribution in [-0.2, 0) is 4.79 Å². The Bertz CT molecular complexity index is 547. The molecule has 0 aromatic heterocycles. The van der Waals surface area contributed by atoms with Crippen LogP contribution in [0.3, 0.4) is 0 Å². The first-order valence-corrected chi connectivity index (χ1v) is 8.31. The minimum atomic E-state index is 0.0524. The van der Waals surface area contributed by atoms with Crippen molar-refractivity contribution in [1.29, 1.82) is 0 Å². The van der Waals surface area contributed by atoms with Crippen molar-refractivity contribution in [3.63, 3.8) is 0 Å². The summed E-state index contributed by atoms with van der Waals surface area (Å²) in [5.41, 5.74) is 1.26. The number of hydrogen-bond donors (Lipinski definition) is 2. The molecule has 1 saturated carbocycles. The Balaban J connectivity index is 1.46. The van der Waals surface area contributed by atoms with Gasteiger partial charge in [0.1, 0.15) is 0 Å². The van der Waals surface area contributed by atoms with Crippen LogP contribution in [0.4, 0.5) is 5.69 Å². The number of anilines is 1. The fourth-order valence-electron chi connectivity index (χ4n) is 2.81. The van der Waals surface area contributed by atoms with Gasteiger partial charge in [0.15, 0.2) is 5.96 Å². The van der Waals surface area contributed by atoms with E-state index >= 15 is 0 Å². The van der Waals surface area contributed by atoms with Crippen molar-refractivity contribution in [1.82, 2.24) is 15.5 Å². The van der Waals surface area contributed by atoms with Gasteiger partial charge >= 0.3 is 0 Å². The molecule has 2 N–H and O–H groups in total. The summed E-state index contributed by atoms with van der Waals surface area (Å²) in [5.74, 6) is 0.861. The molecule has 1 heterocycles. The fraction of sp³-hybridized carbons (Fsp3) is 0.529. The molecular formula is C17H25N5O. The molecule has 3 rings (SSSR count). The highest BCUT2D eigenvalue weighted by Gasteiger charge is 2.24. The van der Waals surface area contributed by atoms with Crippen molar-refractivity contribution in [3.8, 4) is 0 Å². The number of amides is 1. The smallest absolute Gasteiger partial charge is 0.239 e. The van der Waals surface area contributed by atoms with Gasteiger partial charge in [0.05, 0.1) is 6.54 Å². The second-order valence-electron chi connectivity index (χ2n) is 6.05. The van der Waals surface area contributed by atoms with Gasteiger partial charge in [-0.2, -0.15) is 0 Å². The number of nitrogens with zero attached hydrogens (tertiary/aromatic N) is 3. The van der Waals surface area contributed by atoms with Crippen molar-refractivity contribution >= 4 is 17.6 Å². The van der Waals surface area contributed by atoms with Gasteiger partial charge in [-0.3, -0.25) is 9.79 Å². The van der Waals surface area contributed by atoms with Gasteiger partial charge in [-0.1, -0.05) is 18.2 Å². The molecule has 1 saturated heterocycles. The Labute approximate surface area is 137 Å². The predicted octanol–water partition coefficient (Wildman–Crippen LogP) is 0.663. The SMILES string of the molecule is CN=C(NCC(=O)NC1CC1)N1CCN(c2ccccc2)CC1. The third-order valence-corrected chi connectivity index (χ3v) is 4.26. The number of guanidine groups is 1. The molecule has 1 aromatic carbocycles. The van der Waals surface area contributed by atoms with E-state index in [9.17, 15) is 4.79 Å². The lowest BCUT2D eigenvalue weighted by Gasteiger charge is -2.37. The summed E-state index contributed by atoms with van der Waals surface area (Å²) < 4.78 is 0. The number of piperazine rings is 1. The molecule has 0 atom stereocenters. The second-order valence-corrected chi connectivity index (χ2v) is 6.05. The molecule has 0 spiro atoms. The number of benzene rings is 1. The monoisotopic (exact) mass is 315 g/mol. The minimum absolute atomic E-state index is 0.0524. The molecule has 0 radical (unpaired) electrons. The first-order chi connectivity index (χ1) is 11.3. The normalized spacial score (nSPS) is 18.7. The van der Waals surface area contributed by atoms with E-state index in [4.69, 9.17) is 0 Å². The Kier molecular flexibility index (Phi) is 5.00. The molecule has 1 aliphatic heterocycles. The van der Waals surface area contributed by atoms with Crippen LogP contribution in [-0.4, -0.2) is 62.6 Å². The molecule has 2 aliphatic rings. The highest BCUT2D eigenvalue weighted by molar-refractivity contribution is 5.86. The molecule has 23 heavy (non-hydrogen) atoms. The van der Waals surface area contributed by atoms with Crippen LogP contribution in [0.2, 0.25) is 0 Å². The van der Waals surface area contributed by atoms with E-state index in [-0.39, 0.29) is 5.91 Å². The Hall–Kier alpha value is -2.24. The largest absolute Gasteiger partial charge is 0.368 e. The van der Waals surface area contributed by atoms with Crippen LogP contribution in [0.1, 0.15) is 12.8 Å². The number of nitrogens with one attached hydrogen (secondary N) is 2. The third kappa shape index (κ3) is 4.37. The van der Waals surface area contributed by atoms with Crippen molar-refractivity contribution in [3.05, 3.63) is 30.3 Å². The number of rotatable bonds is 4. The molecule has 1 aromatic rings. The van der Waals surface area contributed by atoms with Crippen molar-refractivity contribution in [2.45, 2.75) is 18.9 Å². The van der Waals surface area contributed by atoms with E-state index in [0.29, 0.717) is 12.6 Å². The Morgan fingerprint density at radius 2 is 1.87 bits per heavy atom. The molecule has 2 fully saturated rings. The summed E-state index contributed by atoms with van der Waals surface area (Å²) in [4.78, 5) is 20.7. The summed E-state index contributed by atoms with van der Waals surface area (Å²) in [6.07, 6.45) is 2.23. The van der Waals surface area contributed by atoms with Crippen LogP contribution in [0, 0.1) is 0 Å². The van der Waals surface area contributed by atoms with Crippen LogP contribution in [0.5, 0.6) is 0 Å². The number of para-hydroxylation sites is 1. The zero-order valence-electron chi connectivity index (χ0n) is 13.7. The summed E-state index contributed by atoms with van der Waals surface area (Å²) >= 11 is 0. The number of aliphatic imine (C=N–C) groups is 1. The molecule has 6 nitrogen and oxygen atoms in total. The van der Waals surface area contributed by atoms with Gasteiger partial charge in [0, 0.05) is 45.0 Å². The second kappa shape index (κ2) is 7.35. The van der Waals surface area contributed by atoms with Crippen LogP contribution in [0.25, 0.3) is 0 Å².